The summed E-state index contributed by atoms with van der Waals surface area (Å²) >= 11 is 10.9. The number of aromatic nitrogens is 1. The van der Waals surface area contributed by atoms with Gasteiger partial charge in [0.15, 0.2) is 0 Å². The van der Waals surface area contributed by atoms with Gasteiger partial charge in [0.25, 0.3) is 5.91 Å². The van der Waals surface area contributed by atoms with Gasteiger partial charge in [0, 0.05) is 23.6 Å². The van der Waals surface area contributed by atoms with E-state index in [4.69, 9.17) is 29.6 Å². The largest absolute Gasteiger partial charge is 0.389 e. The van der Waals surface area contributed by atoms with Gasteiger partial charge in [0.2, 0.25) is 0 Å². The van der Waals surface area contributed by atoms with Crippen LogP contribution in [0.2, 0.25) is 5.02 Å². The van der Waals surface area contributed by atoms with E-state index in [2.05, 4.69) is 10.3 Å². The molecule has 6 heteroatoms. The van der Waals surface area contributed by atoms with E-state index in [0.717, 1.165) is 5.56 Å². The molecule has 0 aliphatic carbocycles. The Kier molecular flexibility index (Phi) is 4.32. The molecule has 0 atom stereocenters. The molecule has 2 rings (SSSR count). The first kappa shape index (κ1) is 14.4. The van der Waals surface area contributed by atoms with E-state index in [-0.39, 0.29) is 10.9 Å². The molecular formula is C14H12ClN3OS. The lowest BCUT2D eigenvalue weighted by molar-refractivity contribution is 0.102. The number of nitrogens with one attached hydrogen (secondary N) is 1. The van der Waals surface area contributed by atoms with Crippen LogP contribution in [0.15, 0.2) is 36.7 Å². The Morgan fingerprint density at radius 3 is 2.80 bits per heavy atom. The van der Waals surface area contributed by atoms with Gasteiger partial charge >= 0.3 is 0 Å². The summed E-state index contributed by atoms with van der Waals surface area (Å²) in [6.07, 6.45) is 2.94. The van der Waals surface area contributed by atoms with Crippen molar-refractivity contribution in [2.75, 3.05) is 5.32 Å². The number of anilines is 1. The van der Waals surface area contributed by atoms with Gasteiger partial charge < -0.3 is 11.1 Å². The van der Waals surface area contributed by atoms with E-state index in [0.29, 0.717) is 21.8 Å². The molecule has 1 heterocycles. The fourth-order valence-electron chi connectivity index (χ4n) is 1.66. The Labute approximate surface area is 127 Å². The molecule has 20 heavy (non-hydrogen) atoms. The van der Waals surface area contributed by atoms with Crippen molar-refractivity contribution in [2.45, 2.75) is 6.92 Å². The molecule has 2 aromatic rings. The molecule has 0 saturated heterocycles. The number of pyridine rings is 1. The maximum Gasteiger partial charge on any atom is 0.257 e. The number of hydrogen-bond donors (Lipinski definition) is 2. The van der Waals surface area contributed by atoms with Crippen LogP contribution in [0, 0.1) is 6.92 Å². The molecular weight excluding hydrogens is 294 g/mol. The highest BCUT2D eigenvalue weighted by Crippen LogP contribution is 2.20. The molecule has 1 aromatic carbocycles. The third-order valence-electron chi connectivity index (χ3n) is 2.79. The summed E-state index contributed by atoms with van der Waals surface area (Å²) in [6.45, 7) is 1.88. The van der Waals surface area contributed by atoms with Gasteiger partial charge in [0.05, 0.1) is 10.6 Å². The third-order valence-corrected chi connectivity index (χ3v) is 3.32. The molecule has 0 fully saturated rings. The Morgan fingerprint density at radius 1 is 1.40 bits per heavy atom. The molecule has 3 N–H and O–H groups in total. The summed E-state index contributed by atoms with van der Waals surface area (Å²) in [5.74, 6) is -0.305. The summed E-state index contributed by atoms with van der Waals surface area (Å²) < 4.78 is 0. The monoisotopic (exact) mass is 305 g/mol. The zero-order valence-electron chi connectivity index (χ0n) is 10.7. The standard InChI is InChI=1S/C14H12ClN3OS/c1-8-2-3-9(13(16)20)6-12(8)18-14(19)10-4-5-17-7-11(10)15/h2-7H,1H3,(H2,16,20)(H,18,19). The fraction of sp³-hybridized carbons (Fsp3) is 0.0714. The lowest BCUT2D eigenvalue weighted by Gasteiger charge is -2.10. The van der Waals surface area contributed by atoms with Crippen LogP contribution >= 0.6 is 23.8 Å². The van der Waals surface area contributed by atoms with Crippen LogP contribution in [0.25, 0.3) is 0 Å². The zero-order valence-corrected chi connectivity index (χ0v) is 12.3. The van der Waals surface area contributed by atoms with Crippen LogP contribution in [0.5, 0.6) is 0 Å². The minimum absolute atomic E-state index is 0.280. The summed E-state index contributed by atoms with van der Waals surface area (Å²) in [7, 11) is 0. The second-order valence-electron chi connectivity index (χ2n) is 4.20. The number of hydrogen-bond acceptors (Lipinski definition) is 3. The highest BCUT2D eigenvalue weighted by Gasteiger charge is 2.12. The predicted molar refractivity (Wildman–Crippen MR) is 84.3 cm³/mol. The summed E-state index contributed by atoms with van der Waals surface area (Å²) in [6, 6.07) is 6.96. The first-order valence-electron chi connectivity index (χ1n) is 5.80. The van der Waals surface area contributed by atoms with Crippen LogP contribution < -0.4 is 11.1 Å². The summed E-state index contributed by atoms with van der Waals surface area (Å²) in [5.41, 5.74) is 8.20. The number of halogens is 1. The van der Waals surface area contributed by atoms with Gasteiger partial charge in [-0.25, -0.2) is 0 Å². The van der Waals surface area contributed by atoms with E-state index >= 15 is 0 Å². The van der Waals surface area contributed by atoms with Gasteiger partial charge in [0.1, 0.15) is 4.99 Å². The lowest BCUT2D eigenvalue weighted by atomic mass is 10.1. The number of nitrogens with two attached hydrogens (primary N) is 1. The van der Waals surface area contributed by atoms with E-state index in [9.17, 15) is 4.79 Å². The van der Waals surface area contributed by atoms with Gasteiger partial charge in [-0.15, -0.1) is 0 Å². The molecule has 1 aromatic heterocycles. The summed E-state index contributed by atoms with van der Waals surface area (Å²) in [4.78, 5) is 16.3. The lowest BCUT2D eigenvalue weighted by Crippen LogP contribution is -2.15. The summed E-state index contributed by atoms with van der Waals surface area (Å²) in [5, 5.41) is 3.10. The van der Waals surface area contributed by atoms with Crippen LogP contribution in [-0.4, -0.2) is 15.9 Å². The van der Waals surface area contributed by atoms with E-state index in [1.165, 1.54) is 12.4 Å². The van der Waals surface area contributed by atoms with E-state index in [1.54, 1.807) is 12.1 Å². The van der Waals surface area contributed by atoms with E-state index < -0.39 is 0 Å². The molecule has 1 amide bonds. The number of amides is 1. The van der Waals surface area contributed by atoms with Crippen LogP contribution in [0.4, 0.5) is 5.69 Å². The van der Waals surface area contributed by atoms with E-state index in [1.807, 2.05) is 19.1 Å². The van der Waals surface area contributed by atoms with Gasteiger partial charge in [-0.1, -0.05) is 36.0 Å². The van der Waals surface area contributed by atoms with Crippen molar-refractivity contribution in [2.24, 2.45) is 5.73 Å². The average molecular weight is 306 g/mol. The first-order valence-corrected chi connectivity index (χ1v) is 6.59. The second kappa shape index (κ2) is 5.98. The van der Waals surface area contributed by atoms with Gasteiger partial charge in [-0.3, -0.25) is 9.78 Å². The smallest absolute Gasteiger partial charge is 0.257 e. The van der Waals surface area contributed by atoms with Crippen molar-refractivity contribution < 1.29 is 4.79 Å². The molecule has 0 radical (unpaired) electrons. The number of nitrogens with zero attached hydrogens (tertiary/aromatic N) is 1. The zero-order chi connectivity index (χ0) is 14.7. The van der Waals surface area contributed by atoms with Gasteiger partial charge in [-0.05, 0) is 24.6 Å². The van der Waals surface area contributed by atoms with Crippen LogP contribution in [0.3, 0.4) is 0 Å². The molecule has 0 unspecified atom stereocenters. The van der Waals surface area contributed by atoms with Crippen LogP contribution in [0.1, 0.15) is 21.5 Å². The van der Waals surface area contributed by atoms with Crippen molar-refractivity contribution in [3.63, 3.8) is 0 Å². The first-order chi connectivity index (χ1) is 9.49. The normalized spacial score (nSPS) is 10.1. The molecule has 102 valence electrons. The maximum absolute atomic E-state index is 12.2. The Balaban J connectivity index is 2.30. The minimum atomic E-state index is -0.305. The number of carbonyl (C=O) groups excluding carboxylic acids is 1. The van der Waals surface area contributed by atoms with Crippen molar-refractivity contribution >= 4 is 40.4 Å². The number of carbonyl (C=O) groups is 1. The molecule has 0 aliphatic heterocycles. The third kappa shape index (κ3) is 3.12. The molecule has 0 bridgehead atoms. The van der Waals surface area contributed by atoms with Crippen molar-refractivity contribution in [1.29, 1.82) is 0 Å². The minimum Gasteiger partial charge on any atom is -0.389 e. The quantitative estimate of drug-likeness (QED) is 0.856. The number of rotatable bonds is 3. The number of aryl methyl sites for hydroxylation is 1. The highest BCUT2D eigenvalue weighted by molar-refractivity contribution is 7.80. The Bertz CT molecular complexity index is 688. The molecule has 4 nitrogen and oxygen atoms in total. The van der Waals surface area contributed by atoms with Crippen LogP contribution in [-0.2, 0) is 0 Å². The second-order valence-corrected chi connectivity index (χ2v) is 5.05. The molecule has 0 spiro atoms. The number of benzene rings is 1. The molecule has 0 aliphatic rings. The Morgan fingerprint density at radius 2 is 2.15 bits per heavy atom. The van der Waals surface area contributed by atoms with Crippen molar-refractivity contribution in [1.82, 2.24) is 4.98 Å². The average Bonchev–Trinajstić information content (AvgIpc) is 2.41. The van der Waals surface area contributed by atoms with Gasteiger partial charge in [-0.2, -0.15) is 0 Å². The molecule has 0 saturated carbocycles. The topological polar surface area (TPSA) is 68.0 Å². The maximum atomic E-state index is 12.2. The van der Waals surface area contributed by atoms with Crippen molar-refractivity contribution in [3.05, 3.63) is 58.4 Å². The fourth-order valence-corrected chi connectivity index (χ4v) is 1.99. The van der Waals surface area contributed by atoms with Crippen molar-refractivity contribution in [3.8, 4) is 0 Å². The SMILES string of the molecule is Cc1ccc(C(N)=S)cc1NC(=O)c1ccncc1Cl. The number of thiocarbonyl (C=S) groups is 1. The predicted octanol–water partition coefficient (Wildman–Crippen LogP) is 2.93. The highest BCUT2D eigenvalue weighted by atomic mass is 35.5. The Hall–Kier alpha value is -1.98.